The minimum Gasteiger partial charge on any atom is -0.369 e. The van der Waals surface area contributed by atoms with Crippen molar-refractivity contribution in [2.24, 2.45) is 17.6 Å². The minimum atomic E-state index is -0.278. The molecule has 22 heavy (non-hydrogen) atoms. The number of anilines is 1. The maximum atomic E-state index is 12.3. The number of hydrogen-bond acceptors (Lipinski definition) is 4. The highest BCUT2D eigenvalue weighted by Gasteiger charge is 2.34. The van der Waals surface area contributed by atoms with Crippen molar-refractivity contribution in [3.05, 3.63) is 23.9 Å². The van der Waals surface area contributed by atoms with E-state index in [1.165, 1.54) is 0 Å². The summed E-state index contributed by atoms with van der Waals surface area (Å²) in [5, 5.41) is 2.95. The van der Waals surface area contributed by atoms with Gasteiger partial charge < -0.3 is 16.0 Å². The fourth-order valence-electron chi connectivity index (χ4n) is 3.11. The van der Waals surface area contributed by atoms with Gasteiger partial charge in [-0.15, -0.1) is 0 Å². The molecule has 118 valence electrons. The van der Waals surface area contributed by atoms with Crippen LogP contribution in [0.25, 0.3) is 0 Å². The number of amides is 2. The normalized spacial score (nSPS) is 27.3. The lowest BCUT2D eigenvalue weighted by atomic mass is 9.80. The van der Waals surface area contributed by atoms with Crippen LogP contribution < -0.4 is 16.0 Å². The Morgan fingerprint density at radius 2 is 2.18 bits per heavy atom. The van der Waals surface area contributed by atoms with E-state index in [0.29, 0.717) is 24.3 Å². The molecule has 1 saturated carbocycles. The molecule has 0 spiro atoms. The topological polar surface area (TPSA) is 88.3 Å². The zero-order valence-corrected chi connectivity index (χ0v) is 12.8. The Bertz CT molecular complexity index is 583. The number of hydrogen-bond donors (Lipinski definition) is 2. The molecule has 1 aliphatic carbocycles. The second-order valence-electron chi connectivity index (χ2n) is 6.48. The Kier molecular flexibility index (Phi) is 4.00. The van der Waals surface area contributed by atoms with Crippen molar-refractivity contribution in [3.63, 3.8) is 0 Å². The highest BCUT2D eigenvalue weighted by Crippen LogP contribution is 2.27. The number of carbonyl (C=O) groups is 2. The summed E-state index contributed by atoms with van der Waals surface area (Å²) in [5.74, 6) is 1.05. The number of carbonyl (C=O) groups excluding carboxylic acids is 2. The monoisotopic (exact) mass is 302 g/mol. The maximum Gasteiger partial charge on any atom is 0.251 e. The first-order chi connectivity index (χ1) is 10.5. The number of primary amides is 1. The highest BCUT2D eigenvalue weighted by atomic mass is 16.2. The van der Waals surface area contributed by atoms with Gasteiger partial charge in [0.1, 0.15) is 5.82 Å². The zero-order chi connectivity index (χ0) is 15.7. The summed E-state index contributed by atoms with van der Waals surface area (Å²) in [6, 6.07) is 3.62. The summed E-state index contributed by atoms with van der Waals surface area (Å²) in [4.78, 5) is 29.9. The zero-order valence-electron chi connectivity index (χ0n) is 12.8. The maximum absolute atomic E-state index is 12.3. The number of nitrogens with two attached hydrogens (primary N) is 1. The molecule has 6 heteroatoms. The Morgan fingerprint density at radius 3 is 2.82 bits per heavy atom. The molecule has 0 bridgehead atoms. The SMILES string of the molecule is CC1CCN(c2cc(C(=O)NC3CC(C(N)=O)C3)ccn2)C1. The summed E-state index contributed by atoms with van der Waals surface area (Å²) in [5.41, 5.74) is 5.86. The molecular weight excluding hydrogens is 280 g/mol. The van der Waals surface area contributed by atoms with Crippen LogP contribution in [0.2, 0.25) is 0 Å². The Labute approximate surface area is 130 Å². The van der Waals surface area contributed by atoms with Gasteiger partial charge in [-0.25, -0.2) is 4.98 Å². The van der Waals surface area contributed by atoms with Gasteiger partial charge in [0.2, 0.25) is 5.91 Å². The van der Waals surface area contributed by atoms with Crippen LogP contribution in [0.4, 0.5) is 5.82 Å². The van der Waals surface area contributed by atoms with Crippen molar-refractivity contribution in [3.8, 4) is 0 Å². The summed E-state index contributed by atoms with van der Waals surface area (Å²) >= 11 is 0. The van der Waals surface area contributed by atoms with E-state index in [1.54, 1.807) is 12.3 Å². The molecule has 1 unspecified atom stereocenters. The Balaban J connectivity index is 1.60. The summed E-state index contributed by atoms with van der Waals surface area (Å²) in [6.45, 7) is 4.20. The molecule has 3 rings (SSSR count). The van der Waals surface area contributed by atoms with Gasteiger partial charge in [-0.2, -0.15) is 0 Å². The van der Waals surface area contributed by atoms with Crippen molar-refractivity contribution in [1.82, 2.24) is 10.3 Å². The second-order valence-corrected chi connectivity index (χ2v) is 6.48. The lowest BCUT2D eigenvalue weighted by Crippen LogP contribution is -2.48. The van der Waals surface area contributed by atoms with Gasteiger partial charge in [-0.3, -0.25) is 9.59 Å². The van der Waals surface area contributed by atoms with Gasteiger partial charge in [-0.05, 0) is 37.3 Å². The van der Waals surface area contributed by atoms with Gasteiger partial charge in [0.25, 0.3) is 5.91 Å². The second kappa shape index (κ2) is 5.94. The van der Waals surface area contributed by atoms with Gasteiger partial charge in [0.15, 0.2) is 0 Å². The van der Waals surface area contributed by atoms with E-state index in [-0.39, 0.29) is 23.8 Å². The largest absolute Gasteiger partial charge is 0.369 e. The molecule has 3 N–H and O–H groups in total. The average Bonchev–Trinajstić information content (AvgIpc) is 2.88. The van der Waals surface area contributed by atoms with Crippen molar-refractivity contribution in [2.45, 2.75) is 32.2 Å². The van der Waals surface area contributed by atoms with E-state index in [1.807, 2.05) is 6.07 Å². The third-order valence-corrected chi connectivity index (χ3v) is 4.63. The molecular formula is C16H22N4O2. The quantitative estimate of drug-likeness (QED) is 0.865. The number of pyridine rings is 1. The van der Waals surface area contributed by atoms with E-state index >= 15 is 0 Å². The number of nitrogens with zero attached hydrogens (tertiary/aromatic N) is 2. The molecule has 0 radical (unpaired) electrons. The first kappa shape index (κ1) is 14.8. The van der Waals surface area contributed by atoms with Crippen LogP contribution >= 0.6 is 0 Å². The van der Waals surface area contributed by atoms with E-state index in [9.17, 15) is 9.59 Å². The number of nitrogens with one attached hydrogen (secondary N) is 1. The molecule has 1 aliphatic heterocycles. The molecule has 1 saturated heterocycles. The van der Waals surface area contributed by atoms with Gasteiger partial charge in [0, 0.05) is 36.8 Å². The molecule has 2 amide bonds. The third-order valence-electron chi connectivity index (χ3n) is 4.63. The number of rotatable bonds is 4. The van der Waals surface area contributed by atoms with Crippen molar-refractivity contribution >= 4 is 17.6 Å². The third kappa shape index (κ3) is 3.05. The molecule has 6 nitrogen and oxygen atoms in total. The first-order valence-corrected chi connectivity index (χ1v) is 7.84. The lowest BCUT2D eigenvalue weighted by Gasteiger charge is -2.33. The smallest absolute Gasteiger partial charge is 0.251 e. The van der Waals surface area contributed by atoms with Crippen LogP contribution in [-0.2, 0) is 4.79 Å². The van der Waals surface area contributed by atoms with Crippen LogP contribution in [0, 0.1) is 11.8 Å². The minimum absolute atomic E-state index is 0.0495. The van der Waals surface area contributed by atoms with E-state index in [2.05, 4.69) is 22.1 Å². The van der Waals surface area contributed by atoms with E-state index < -0.39 is 0 Å². The fraction of sp³-hybridized carbons (Fsp3) is 0.562. The number of aromatic nitrogens is 1. The van der Waals surface area contributed by atoms with Gasteiger partial charge in [-0.1, -0.05) is 6.92 Å². The lowest BCUT2D eigenvalue weighted by molar-refractivity contribution is -0.124. The van der Waals surface area contributed by atoms with Crippen molar-refractivity contribution in [2.75, 3.05) is 18.0 Å². The molecule has 1 aromatic rings. The summed E-state index contributed by atoms with van der Waals surface area (Å²) in [6.07, 6.45) is 4.13. The fourth-order valence-corrected chi connectivity index (χ4v) is 3.11. The van der Waals surface area contributed by atoms with Gasteiger partial charge >= 0.3 is 0 Å². The average molecular weight is 302 g/mol. The first-order valence-electron chi connectivity index (χ1n) is 7.84. The summed E-state index contributed by atoms with van der Waals surface area (Å²) in [7, 11) is 0. The molecule has 2 heterocycles. The van der Waals surface area contributed by atoms with Crippen LogP contribution in [0.3, 0.4) is 0 Å². The van der Waals surface area contributed by atoms with Crippen LogP contribution in [0.15, 0.2) is 18.3 Å². The van der Waals surface area contributed by atoms with E-state index in [4.69, 9.17) is 5.73 Å². The van der Waals surface area contributed by atoms with Gasteiger partial charge in [0.05, 0.1) is 0 Å². The van der Waals surface area contributed by atoms with Crippen molar-refractivity contribution < 1.29 is 9.59 Å². The molecule has 1 aromatic heterocycles. The van der Waals surface area contributed by atoms with Crippen molar-refractivity contribution in [1.29, 1.82) is 0 Å². The predicted molar refractivity (Wildman–Crippen MR) is 83.4 cm³/mol. The summed E-state index contributed by atoms with van der Waals surface area (Å²) < 4.78 is 0. The Morgan fingerprint density at radius 1 is 1.41 bits per heavy atom. The van der Waals surface area contributed by atoms with Crippen LogP contribution in [0.5, 0.6) is 0 Å². The molecule has 2 fully saturated rings. The molecule has 0 aromatic carbocycles. The predicted octanol–water partition coefficient (Wildman–Crippen LogP) is 0.921. The molecule has 2 aliphatic rings. The van der Waals surface area contributed by atoms with Crippen LogP contribution in [-0.4, -0.2) is 35.9 Å². The Hall–Kier alpha value is -2.11. The van der Waals surface area contributed by atoms with E-state index in [0.717, 1.165) is 25.3 Å². The van der Waals surface area contributed by atoms with Crippen LogP contribution in [0.1, 0.15) is 36.5 Å². The molecule has 1 atom stereocenters. The standard InChI is InChI=1S/C16H22N4O2/c1-10-3-5-20(9-10)14-8-11(2-4-18-14)16(22)19-13-6-12(7-13)15(17)21/h2,4,8,10,12-13H,3,5-7,9H2,1H3,(H2,17,21)(H,19,22). The highest BCUT2D eigenvalue weighted by molar-refractivity contribution is 5.95.